The van der Waals surface area contributed by atoms with Crippen molar-refractivity contribution in [3.05, 3.63) is 0 Å². The Labute approximate surface area is 81.8 Å². The molecule has 14 heavy (non-hydrogen) atoms. The van der Waals surface area contributed by atoms with Gasteiger partial charge in [-0.15, -0.1) is 0 Å². The fraction of sp³-hybridized carbons (Fsp3) is 1.00. The van der Waals surface area contributed by atoms with Crippen molar-refractivity contribution in [3.8, 4) is 0 Å². The van der Waals surface area contributed by atoms with Crippen molar-refractivity contribution in [1.82, 2.24) is 5.32 Å². The summed E-state index contributed by atoms with van der Waals surface area (Å²) >= 11 is 0. The molecule has 1 heterocycles. The lowest BCUT2D eigenvalue weighted by Crippen LogP contribution is -2.35. The van der Waals surface area contributed by atoms with Crippen molar-refractivity contribution in [2.75, 3.05) is 13.7 Å². The molecule has 4 atom stereocenters. The maximum absolute atomic E-state index is 12.6. The fourth-order valence-corrected chi connectivity index (χ4v) is 2.26. The van der Waals surface area contributed by atoms with E-state index in [-0.39, 0.29) is 6.04 Å². The quantitative estimate of drug-likeness (QED) is 0.752. The minimum Gasteiger partial charge on any atom is -0.383 e. The van der Waals surface area contributed by atoms with Crippen LogP contribution in [0.1, 0.15) is 13.8 Å². The number of rotatable bonds is 2. The molecule has 1 N–H and O–H groups in total. The van der Waals surface area contributed by atoms with E-state index in [2.05, 4.69) is 5.32 Å². The van der Waals surface area contributed by atoms with E-state index in [1.165, 1.54) is 7.11 Å². The van der Waals surface area contributed by atoms with Crippen LogP contribution in [0.2, 0.25) is 0 Å². The van der Waals surface area contributed by atoms with E-state index in [4.69, 9.17) is 4.74 Å². The van der Waals surface area contributed by atoms with Gasteiger partial charge in [-0.1, -0.05) is 6.92 Å². The van der Waals surface area contributed by atoms with Gasteiger partial charge >= 0.3 is 6.18 Å². The summed E-state index contributed by atoms with van der Waals surface area (Å²) in [5.41, 5.74) is 0. The summed E-state index contributed by atoms with van der Waals surface area (Å²) in [6, 6.07) is -0.716. The summed E-state index contributed by atoms with van der Waals surface area (Å²) in [5.74, 6) is -1.69. The van der Waals surface area contributed by atoms with Crippen LogP contribution >= 0.6 is 0 Å². The normalized spacial score (nSPS) is 39.0. The zero-order valence-corrected chi connectivity index (χ0v) is 8.56. The molecule has 0 spiro atoms. The molecule has 84 valence electrons. The van der Waals surface area contributed by atoms with E-state index >= 15 is 0 Å². The van der Waals surface area contributed by atoms with Crippen LogP contribution in [-0.2, 0) is 4.74 Å². The molecule has 2 nitrogen and oxygen atoms in total. The number of methoxy groups -OCH3 is 1. The summed E-state index contributed by atoms with van der Waals surface area (Å²) in [6.45, 7) is 3.53. The van der Waals surface area contributed by atoms with Crippen molar-refractivity contribution in [2.24, 2.45) is 11.8 Å². The zero-order valence-electron chi connectivity index (χ0n) is 8.56. The molecule has 5 heteroatoms. The Bertz CT molecular complexity index is 195. The molecule has 1 rings (SSSR count). The van der Waals surface area contributed by atoms with Gasteiger partial charge in [-0.3, -0.25) is 0 Å². The highest BCUT2D eigenvalue weighted by molar-refractivity contribution is 4.96. The van der Waals surface area contributed by atoms with E-state index in [0.29, 0.717) is 6.61 Å². The van der Waals surface area contributed by atoms with Crippen LogP contribution in [-0.4, -0.2) is 32.0 Å². The second-order valence-corrected chi connectivity index (χ2v) is 3.94. The van der Waals surface area contributed by atoms with Gasteiger partial charge in [0.05, 0.1) is 12.5 Å². The van der Waals surface area contributed by atoms with Crippen molar-refractivity contribution in [2.45, 2.75) is 32.1 Å². The number of hydrogen-bond donors (Lipinski definition) is 1. The Hall–Kier alpha value is -0.290. The number of halogens is 3. The molecule has 1 aliphatic heterocycles. The Morgan fingerprint density at radius 2 is 1.86 bits per heavy atom. The highest BCUT2D eigenvalue weighted by Crippen LogP contribution is 2.40. The number of hydrogen-bond acceptors (Lipinski definition) is 2. The standard InChI is InChI=1S/C9H16F3NO/c1-5-7(4-14-3)13-6(2)8(5)9(10,11)12/h5-8,13H,4H2,1-3H3. The average molecular weight is 211 g/mol. The Morgan fingerprint density at radius 3 is 2.21 bits per heavy atom. The summed E-state index contributed by atoms with van der Waals surface area (Å²) in [5, 5.41) is 2.92. The zero-order chi connectivity index (χ0) is 10.9. The predicted molar refractivity (Wildman–Crippen MR) is 47.0 cm³/mol. The van der Waals surface area contributed by atoms with Gasteiger partial charge < -0.3 is 10.1 Å². The molecule has 1 aliphatic rings. The van der Waals surface area contributed by atoms with Gasteiger partial charge in [0, 0.05) is 19.2 Å². The van der Waals surface area contributed by atoms with Crippen LogP contribution in [0.15, 0.2) is 0 Å². The first kappa shape index (κ1) is 11.8. The molecule has 0 radical (unpaired) electrons. The minimum atomic E-state index is -4.12. The van der Waals surface area contributed by atoms with Gasteiger partial charge in [-0.2, -0.15) is 13.2 Å². The largest absolute Gasteiger partial charge is 0.393 e. The summed E-state index contributed by atoms with van der Waals surface area (Å²) in [6.07, 6.45) is -4.12. The van der Waals surface area contributed by atoms with Crippen LogP contribution < -0.4 is 5.32 Å². The lowest BCUT2D eigenvalue weighted by Gasteiger charge is -2.23. The Kier molecular flexibility index (Phi) is 3.42. The number of alkyl halides is 3. The van der Waals surface area contributed by atoms with Gasteiger partial charge in [-0.05, 0) is 12.8 Å². The lowest BCUT2D eigenvalue weighted by atomic mass is 9.89. The van der Waals surface area contributed by atoms with Gasteiger partial charge in [0.25, 0.3) is 0 Å². The van der Waals surface area contributed by atoms with Crippen LogP contribution in [0.5, 0.6) is 0 Å². The highest BCUT2D eigenvalue weighted by atomic mass is 19.4. The molecule has 0 aromatic rings. The van der Waals surface area contributed by atoms with Crippen molar-refractivity contribution in [3.63, 3.8) is 0 Å². The van der Waals surface area contributed by atoms with E-state index in [1.54, 1.807) is 13.8 Å². The molecular weight excluding hydrogens is 195 g/mol. The van der Waals surface area contributed by atoms with Crippen molar-refractivity contribution in [1.29, 1.82) is 0 Å². The maximum Gasteiger partial charge on any atom is 0.393 e. The molecule has 0 bridgehead atoms. The lowest BCUT2D eigenvalue weighted by molar-refractivity contribution is -0.185. The predicted octanol–water partition coefficient (Wildman–Crippen LogP) is 1.81. The van der Waals surface area contributed by atoms with Crippen LogP contribution in [0, 0.1) is 11.8 Å². The summed E-state index contributed by atoms with van der Waals surface area (Å²) < 4.78 is 42.7. The second kappa shape index (κ2) is 4.06. The molecule has 0 saturated carbocycles. The Morgan fingerprint density at radius 1 is 1.29 bits per heavy atom. The monoisotopic (exact) mass is 211 g/mol. The second-order valence-electron chi connectivity index (χ2n) is 3.94. The molecule has 0 amide bonds. The van der Waals surface area contributed by atoms with Crippen LogP contribution in [0.25, 0.3) is 0 Å². The summed E-state index contributed by atoms with van der Waals surface area (Å²) in [4.78, 5) is 0. The SMILES string of the molecule is COCC1NC(C)C(C(F)(F)F)C1C. The number of ether oxygens (including phenoxy) is 1. The van der Waals surface area contributed by atoms with E-state index in [9.17, 15) is 13.2 Å². The van der Waals surface area contributed by atoms with Gasteiger partial charge in [-0.25, -0.2) is 0 Å². The molecule has 1 saturated heterocycles. The first-order valence-corrected chi connectivity index (χ1v) is 4.69. The molecule has 0 aliphatic carbocycles. The van der Waals surface area contributed by atoms with Crippen molar-refractivity contribution >= 4 is 0 Å². The molecule has 4 unspecified atom stereocenters. The topological polar surface area (TPSA) is 21.3 Å². The first-order chi connectivity index (χ1) is 6.38. The van der Waals surface area contributed by atoms with Crippen LogP contribution in [0.4, 0.5) is 13.2 Å². The smallest absolute Gasteiger partial charge is 0.383 e. The third-order valence-electron chi connectivity index (χ3n) is 2.94. The van der Waals surface area contributed by atoms with Gasteiger partial charge in [0.15, 0.2) is 0 Å². The highest BCUT2D eigenvalue weighted by Gasteiger charge is 2.52. The van der Waals surface area contributed by atoms with Crippen LogP contribution in [0.3, 0.4) is 0 Å². The number of nitrogens with one attached hydrogen (secondary N) is 1. The van der Waals surface area contributed by atoms with Gasteiger partial charge in [0.1, 0.15) is 0 Å². The van der Waals surface area contributed by atoms with E-state index in [1.807, 2.05) is 0 Å². The van der Waals surface area contributed by atoms with Gasteiger partial charge in [0.2, 0.25) is 0 Å². The Balaban J connectivity index is 2.70. The summed E-state index contributed by atoms with van der Waals surface area (Å²) in [7, 11) is 1.50. The molecule has 0 aromatic heterocycles. The molecular formula is C9H16F3NO. The third kappa shape index (κ3) is 2.20. The minimum absolute atomic E-state index is 0.193. The van der Waals surface area contributed by atoms with E-state index < -0.39 is 24.1 Å². The fourth-order valence-electron chi connectivity index (χ4n) is 2.26. The molecule has 1 fully saturated rings. The third-order valence-corrected chi connectivity index (χ3v) is 2.94. The maximum atomic E-state index is 12.6. The van der Waals surface area contributed by atoms with E-state index in [0.717, 1.165) is 0 Å². The first-order valence-electron chi connectivity index (χ1n) is 4.69. The molecule has 0 aromatic carbocycles. The average Bonchev–Trinajstić information content (AvgIpc) is 2.26. The van der Waals surface area contributed by atoms with Crippen molar-refractivity contribution < 1.29 is 17.9 Å².